The van der Waals surface area contributed by atoms with E-state index in [1.165, 1.54) is 0 Å². The van der Waals surface area contributed by atoms with E-state index in [0.29, 0.717) is 12.0 Å². The van der Waals surface area contributed by atoms with Gasteiger partial charge in [0.1, 0.15) is 0 Å². The van der Waals surface area contributed by atoms with Gasteiger partial charge in [0.2, 0.25) is 11.6 Å². The van der Waals surface area contributed by atoms with Crippen LogP contribution in [0.15, 0.2) is 9.98 Å². The zero-order chi connectivity index (χ0) is 12.1. The van der Waals surface area contributed by atoms with Crippen molar-refractivity contribution in [2.75, 3.05) is 13.7 Å². The molecule has 1 aliphatic heterocycles. The number of aliphatic imine (C=N–C) groups is 2. The molecule has 0 bridgehead atoms. The standard InChI is InChI=1S/C9H18ClN5O/c1-5-11-8-12-7(10)15(14-6(2)3)9(13-8)16-4/h6-7,14H,5H2,1-4H3,(H,11,12). The molecule has 1 aliphatic rings. The van der Waals surface area contributed by atoms with Crippen LogP contribution in [0.3, 0.4) is 0 Å². The summed E-state index contributed by atoms with van der Waals surface area (Å²) in [5.41, 5.74) is 2.54. The van der Waals surface area contributed by atoms with Crippen molar-refractivity contribution in [3.05, 3.63) is 0 Å². The molecule has 0 saturated heterocycles. The number of nitrogens with one attached hydrogen (secondary N) is 2. The van der Waals surface area contributed by atoms with Crippen molar-refractivity contribution in [3.63, 3.8) is 0 Å². The molecule has 0 aliphatic carbocycles. The highest BCUT2D eigenvalue weighted by molar-refractivity contribution is 6.22. The zero-order valence-corrected chi connectivity index (χ0v) is 10.7. The minimum absolute atomic E-state index is 0.220. The molecule has 2 N–H and O–H groups in total. The largest absolute Gasteiger partial charge is 0.467 e. The summed E-state index contributed by atoms with van der Waals surface area (Å²) in [6.07, 6.45) is 0. The van der Waals surface area contributed by atoms with Crippen molar-refractivity contribution < 1.29 is 4.74 Å². The highest BCUT2D eigenvalue weighted by Gasteiger charge is 2.26. The molecule has 0 spiro atoms. The molecule has 1 atom stereocenters. The molecular weight excluding hydrogens is 230 g/mol. The van der Waals surface area contributed by atoms with Crippen LogP contribution in [0.1, 0.15) is 20.8 Å². The minimum atomic E-state index is -0.566. The number of amidine groups is 1. The van der Waals surface area contributed by atoms with E-state index in [1.54, 1.807) is 12.1 Å². The van der Waals surface area contributed by atoms with Gasteiger partial charge in [-0.15, -0.1) is 0 Å². The van der Waals surface area contributed by atoms with Gasteiger partial charge in [0.15, 0.2) is 0 Å². The zero-order valence-electron chi connectivity index (χ0n) is 9.99. The van der Waals surface area contributed by atoms with Gasteiger partial charge in [-0.3, -0.25) is 0 Å². The Hall–Kier alpha value is -1.01. The van der Waals surface area contributed by atoms with Gasteiger partial charge in [0.25, 0.3) is 0 Å². The van der Waals surface area contributed by atoms with Crippen LogP contribution in [0.5, 0.6) is 0 Å². The third-order valence-electron chi connectivity index (χ3n) is 1.76. The smallest absolute Gasteiger partial charge is 0.313 e. The normalized spacial score (nSPS) is 20.6. The van der Waals surface area contributed by atoms with Crippen molar-refractivity contribution in [2.24, 2.45) is 9.98 Å². The van der Waals surface area contributed by atoms with Crippen LogP contribution in [0.25, 0.3) is 0 Å². The Morgan fingerprint density at radius 2 is 2.25 bits per heavy atom. The number of alkyl halides is 1. The molecule has 0 fully saturated rings. The topological polar surface area (TPSA) is 61.2 Å². The molecule has 92 valence electrons. The molecule has 1 rings (SSSR count). The first kappa shape index (κ1) is 13.1. The predicted molar refractivity (Wildman–Crippen MR) is 65.3 cm³/mol. The molecule has 7 heteroatoms. The molecule has 6 nitrogen and oxygen atoms in total. The highest BCUT2D eigenvalue weighted by Crippen LogP contribution is 2.11. The van der Waals surface area contributed by atoms with Crippen molar-refractivity contribution in [2.45, 2.75) is 32.4 Å². The number of methoxy groups -OCH3 is 1. The van der Waals surface area contributed by atoms with Gasteiger partial charge < -0.3 is 10.1 Å². The van der Waals surface area contributed by atoms with Gasteiger partial charge in [0, 0.05) is 12.6 Å². The number of hydrogen-bond donors (Lipinski definition) is 2. The monoisotopic (exact) mass is 247 g/mol. The Kier molecular flexibility index (Phi) is 4.82. The third kappa shape index (κ3) is 3.24. The molecule has 0 amide bonds. The second-order valence-electron chi connectivity index (χ2n) is 3.55. The van der Waals surface area contributed by atoms with E-state index in [1.807, 2.05) is 20.8 Å². The molecular formula is C9H18ClN5O. The number of hydrazine groups is 1. The van der Waals surface area contributed by atoms with Crippen LogP contribution >= 0.6 is 11.6 Å². The van der Waals surface area contributed by atoms with Gasteiger partial charge in [-0.2, -0.15) is 4.99 Å². The number of nitrogens with zero attached hydrogens (tertiary/aromatic N) is 3. The molecule has 1 unspecified atom stereocenters. The number of halogens is 1. The maximum atomic E-state index is 6.11. The first-order valence-electron chi connectivity index (χ1n) is 5.22. The van der Waals surface area contributed by atoms with Crippen LogP contribution in [0.2, 0.25) is 0 Å². The second kappa shape index (κ2) is 5.91. The van der Waals surface area contributed by atoms with Gasteiger partial charge in [-0.05, 0) is 20.8 Å². The van der Waals surface area contributed by atoms with Gasteiger partial charge >= 0.3 is 6.02 Å². The summed E-state index contributed by atoms with van der Waals surface area (Å²) in [5, 5.41) is 4.59. The molecule has 0 saturated carbocycles. The summed E-state index contributed by atoms with van der Waals surface area (Å²) in [4.78, 5) is 8.36. The SMILES string of the molecule is CCNC1=NC(Cl)N(NC(C)C)C(OC)=N1. The lowest BCUT2D eigenvalue weighted by Gasteiger charge is -2.31. The third-order valence-corrected chi connectivity index (χ3v) is 2.06. The fourth-order valence-corrected chi connectivity index (χ4v) is 1.44. The Morgan fingerprint density at radius 1 is 1.56 bits per heavy atom. The van der Waals surface area contributed by atoms with E-state index in [2.05, 4.69) is 20.7 Å². The lowest BCUT2D eigenvalue weighted by Crippen LogP contribution is -2.53. The Labute approximate surface area is 101 Å². The van der Waals surface area contributed by atoms with Gasteiger partial charge in [0.05, 0.1) is 7.11 Å². The van der Waals surface area contributed by atoms with Crippen LogP contribution < -0.4 is 10.7 Å². The van der Waals surface area contributed by atoms with Crippen molar-refractivity contribution in [3.8, 4) is 0 Å². The lowest BCUT2D eigenvalue weighted by molar-refractivity contribution is 0.191. The number of guanidine groups is 1. The van der Waals surface area contributed by atoms with E-state index in [0.717, 1.165) is 6.54 Å². The average molecular weight is 248 g/mol. The maximum absolute atomic E-state index is 6.11. The summed E-state index contributed by atoms with van der Waals surface area (Å²) >= 11 is 6.11. The number of rotatable bonds is 3. The maximum Gasteiger partial charge on any atom is 0.313 e. The Bertz CT molecular complexity index is 292. The van der Waals surface area contributed by atoms with E-state index >= 15 is 0 Å². The summed E-state index contributed by atoms with van der Waals surface area (Å²) in [5.74, 6) is 0.487. The molecule has 0 aromatic heterocycles. The first-order chi connectivity index (χ1) is 7.58. The molecule has 0 aromatic carbocycles. The summed E-state index contributed by atoms with van der Waals surface area (Å²) in [6, 6.07) is 0.622. The molecule has 16 heavy (non-hydrogen) atoms. The average Bonchev–Trinajstić information content (AvgIpc) is 2.21. The van der Waals surface area contributed by atoms with E-state index in [9.17, 15) is 0 Å². The summed E-state index contributed by atoms with van der Waals surface area (Å²) in [7, 11) is 1.55. The van der Waals surface area contributed by atoms with E-state index < -0.39 is 5.62 Å². The Morgan fingerprint density at radius 3 is 2.75 bits per heavy atom. The van der Waals surface area contributed by atoms with E-state index in [-0.39, 0.29) is 6.04 Å². The van der Waals surface area contributed by atoms with Crippen molar-refractivity contribution >= 4 is 23.6 Å². The fraction of sp³-hybridized carbons (Fsp3) is 0.778. The summed E-state index contributed by atoms with van der Waals surface area (Å²) in [6.45, 7) is 6.70. The molecule has 0 aromatic rings. The predicted octanol–water partition coefficient (Wildman–Crippen LogP) is 0.705. The molecule has 1 heterocycles. The van der Waals surface area contributed by atoms with Gasteiger partial charge in [-0.25, -0.2) is 15.4 Å². The highest BCUT2D eigenvalue weighted by atomic mass is 35.5. The summed E-state index contributed by atoms with van der Waals surface area (Å²) < 4.78 is 5.16. The quantitative estimate of drug-likeness (QED) is 0.570. The van der Waals surface area contributed by atoms with Crippen LogP contribution in [-0.4, -0.2) is 42.3 Å². The van der Waals surface area contributed by atoms with Gasteiger partial charge in [-0.1, -0.05) is 11.6 Å². The molecule has 0 radical (unpaired) electrons. The second-order valence-corrected chi connectivity index (χ2v) is 3.94. The minimum Gasteiger partial charge on any atom is -0.467 e. The first-order valence-corrected chi connectivity index (χ1v) is 5.66. The van der Waals surface area contributed by atoms with Crippen molar-refractivity contribution in [1.29, 1.82) is 0 Å². The fourth-order valence-electron chi connectivity index (χ4n) is 1.21. The number of ether oxygens (including phenoxy) is 1. The van der Waals surface area contributed by atoms with Crippen LogP contribution in [0.4, 0.5) is 0 Å². The number of hydrogen-bond acceptors (Lipinski definition) is 6. The van der Waals surface area contributed by atoms with Crippen molar-refractivity contribution in [1.82, 2.24) is 15.8 Å². The van der Waals surface area contributed by atoms with Crippen LogP contribution in [0, 0.1) is 0 Å². The van der Waals surface area contributed by atoms with E-state index in [4.69, 9.17) is 16.3 Å². The lowest BCUT2D eigenvalue weighted by atomic mass is 10.4. The van der Waals surface area contributed by atoms with Crippen LogP contribution in [-0.2, 0) is 4.74 Å². The Balaban J connectivity index is 2.79.